The summed E-state index contributed by atoms with van der Waals surface area (Å²) in [5.74, 6) is 1.79. The molecule has 3 aliphatic rings. The highest BCUT2D eigenvalue weighted by Gasteiger charge is 2.26. The van der Waals surface area contributed by atoms with Gasteiger partial charge < -0.3 is 29.5 Å². The number of anilines is 1. The molecule has 0 spiro atoms. The van der Waals surface area contributed by atoms with E-state index in [0.29, 0.717) is 6.04 Å². The molecule has 0 aliphatic carbocycles. The highest BCUT2D eigenvalue weighted by atomic mass is 32.1. The first-order valence-corrected chi connectivity index (χ1v) is 18.4. The van der Waals surface area contributed by atoms with Crippen molar-refractivity contribution in [1.82, 2.24) is 34.9 Å². The smallest absolute Gasteiger partial charge is 0.162 e. The maximum Gasteiger partial charge on any atom is 0.162 e. The molecular formula is C35H56N8O4S. The highest BCUT2D eigenvalue weighted by Crippen LogP contribution is 2.36. The van der Waals surface area contributed by atoms with Crippen molar-refractivity contribution in [3.63, 3.8) is 0 Å². The molecule has 4 aromatic rings. The third kappa shape index (κ3) is 9.91. The maximum atomic E-state index is 7.12. The van der Waals surface area contributed by atoms with E-state index in [0.717, 1.165) is 106 Å². The maximum absolute atomic E-state index is 7.12. The van der Waals surface area contributed by atoms with Crippen LogP contribution in [0.4, 0.5) is 5.82 Å². The van der Waals surface area contributed by atoms with Crippen molar-refractivity contribution in [3.05, 3.63) is 35.3 Å². The van der Waals surface area contributed by atoms with Gasteiger partial charge in [0.25, 0.3) is 0 Å². The van der Waals surface area contributed by atoms with Gasteiger partial charge in [0, 0.05) is 67.7 Å². The first-order chi connectivity index (χ1) is 23.6. The number of fused-ring (bicyclic) bond motifs is 2. The lowest BCUT2D eigenvalue weighted by molar-refractivity contribution is 0.0269. The zero-order chi connectivity index (χ0) is 34.3. The van der Waals surface area contributed by atoms with Crippen LogP contribution < -0.4 is 4.90 Å². The monoisotopic (exact) mass is 684 g/mol. The standard InChI is InChI=1S/C30H40N8O2S.2C2H6.CH4O2/c1-35-7-5-22(6-8-35)38(10-9-36-11-15-39-16-12-36)21-23-19-27-28(41-23)30(37-13-17-40-18-14-37)33-29(32-27)24-3-2-4-26-25(24)20-31-34-26;2*1-2;2-1-3/h2-4,19-20,22H,5-18,21H2,1H3,(H,31,34);2*1-2H3;2-3H,1H2. The summed E-state index contributed by atoms with van der Waals surface area (Å²) in [6.45, 7) is 19.6. The summed E-state index contributed by atoms with van der Waals surface area (Å²) in [6, 6.07) is 9.12. The van der Waals surface area contributed by atoms with Crippen molar-refractivity contribution >= 4 is 38.3 Å². The third-order valence-electron chi connectivity index (χ3n) is 8.81. The molecule has 0 bridgehead atoms. The Kier molecular flexibility index (Phi) is 15.9. The van der Waals surface area contributed by atoms with E-state index in [1.54, 1.807) is 0 Å². The number of thiophene rings is 1. The van der Waals surface area contributed by atoms with E-state index in [9.17, 15) is 0 Å². The molecule has 12 nitrogen and oxygen atoms in total. The van der Waals surface area contributed by atoms with Gasteiger partial charge in [-0.05, 0) is 45.1 Å². The van der Waals surface area contributed by atoms with E-state index in [1.165, 1.54) is 35.5 Å². The van der Waals surface area contributed by atoms with Gasteiger partial charge in [0.05, 0.1) is 48.4 Å². The number of ether oxygens (including phenoxy) is 2. The number of hydrogen-bond acceptors (Lipinski definition) is 12. The van der Waals surface area contributed by atoms with Crippen molar-refractivity contribution in [3.8, 4) is 11.4 Å². The number of likely N-dealkylation sites (tertiary alicyclic amines) is 1. The van der Waals surface area contributed by atoms with Crippen molar-refractivity contribution < 1.29 is 19.7 Å². The summed E-state index contributed by atoms with van der Waals surface area (Å²) in [5.41, 5.74) is 3.05. The van der Waals surface area contributed by atoms with Crippen LogP contribution in [0.2, 0.25) is 0 Å². The molecule has 0 amide bonds. The minimum Gasteiger partial charge on any atom is -0.379 e. The number of aromatic nitrogens is 4. The minimum absolute atomic E-state index is 0.608. The number of rotatable bonds is 8. The molecule has 1 aromatic carbocycles. The van der Waals surface area contributed by atoms with Crippen LogP contribution >= 0.6 is 11.3 Å². The number of aromatic amines is 1. The number of benzene rings is 1. The molecule has 0 radical (unpaired) electrons. The molecule has 3 N–H and O–H groups in total. The molecule has 7 rings (SSSR count). The fourth-order valence-corrected chi connectivity index (χ4v) is 7.50. The van der Waals surface area contributed by atoms with Crippen LogP contribution in [-0.4, -0.2) is 144 Å². The molecule has 48 heavy (non-hydrogen) atoms. The Balaban J connectivity index is 0.000000694. The quantitative estimate of drug-likeness (QED) is 0.230. The van der Waals surface area contributed by atoms with Crippen LogP contribution in [0.3, 0.4) is 0 Å². The van der Waals surface area contributed by atoms with Crippen LogP contribution in [0.25, 0.3) is 32.5 Å². The second-order valence-corrected chi connectivity index (χ2v) is 12.8. The lowest BCUT2D eigenvalue weighted by Crippen LogP contribution is -2.47. The predicted molar refractivity (Wildman–Crippen MR) is 196 cm³/mol. The van der Waals surface area contributed by atoms with Gasteiger partial charge in [-0.2, -0.15) is 5.10 Å². The van der Waals surface area contributed by atoms with Crippen LogP contribution in [0.1, 0.15) is 45.4 Å². The summed E-state index contributed by atoms with van der Waals surface area (Å²) in [5, 5.41) is 22.7. The van der Waals surface area contributed by atoms with Gasteiger partial charge in [-0.25, -0.2) is 9.97 Å². The normalized spacial score (nSPS) is 17.8. The summed E-state index contributed by atoms with van der Waals surface area (Å²) < 4.78 is 12.5. The van der Waals surface area contributed by atoms with Gasteiger partial charge in [0.1, 0.15) is 6.79 Å². The Hall–Kier alpha value is -2.75. The number of aliphatic hydroxyl groups is 2. The Morgan fingerprint density at radius 2 is 1.60 bits per heavy atom. The summed E-state index contributed by atoms with van der Waals surface area (Å²) in [6.07, 6.45) is 4.32. The molecule has 0 atom stereocenters. The number of morpholine rings is 2. The van der Waals surface area contributed by atoms with Crippen molar-refractivity contribution in [2.75, 3.05) is 97.5 Å². The number of H-pyrrole nitrogens is 1. The number of aliphatic hydroxyl groups excluding tert-OH is 1. The van der Waals surface area contributed by atoms with E-state index in [1.807, 2.05) is 57.4 Å². The predicted octanol–water partition coefficient (Wildman–Crippen LogP) is 4.28. The largest absolute Gasteiger partial charge is 0.379 e. The molecule has 266 valence electrons. The van der Waals surface area contributed by atoms with Crippen LogP contribution in [0.15, 0.2) is 30.5 Å². The molecule has 13 heteroatoms. The molecule has 6 heterocycles. The lowest BCUT2D eigenvalue weighted by Gasteiger charge is -2.38. The first kappa shape index (κ1) is 38.1. The average Bonchev–Trinajstić information content (AvgIpc) is 3.80. The third-order valence-corrected chi connectivity index (χ3v) is 9.92. The fraction of sp³-hybridized carbons (Fsp3) is 0.629. The average molecular weight is 685 g/mol. The van der Waals surface area contributed by atoms with Gasteiger partial charge in [0.2, 0.25) is 0 Å². The van der Waals surface area contributed by atoms with Gasteiger partial charge in [-0.3, -0.25) is 14.9 Å². The van der Waals surface area contributed by atoms with Gasteiger partial charge in [-0.15, -0.1) is 11.3 Å². The first-order valence-electron chi connectivity index (χ1n) is 17.6. The topological polar surface area (TPSA) is 126 Å². The minimum atomic E-state index is -0.750. The van der Waals surface area contributed by atoms with Crippen molar-refractivity contribution in [2.24, 2.45) is 0 Å². The zero-order valence-corrected chi connectivity index (χ0v) is 30.3. The zero-order valence-electron chi connectivity index (χ0n) is 29.5. The summed E-state index contributed by atoms with van der Waals surface area (Å²) in [4.78, 5) is 21.9. The van der Waals surface area contributed by atoms with E-state index < -0.39 is 6.79 Å². The van der Waals surface area contributed by atoms with E-state index >= 15 is 0 Å². The summed E-state index contributed by atoms with van der Waals surface area (Å²) >= 11 is 1.87. The highest BCUT2D eigenvalue weighted by molar-refractivity contribution is 7.19. The van der Waals surface area contributed by atoms with Crippen LogP contribution in [-0.2, 0) is 16.0 Å². The van der Waals surface area contributed by atoms with E-state index in [4.69, 9.17) is 29.7 Å². The molecule has 0 saturated carbocycles. The van der Waals surface area contributed by atoms with E-state index in [2.05, 4.69) is 49.0 Å². The molecule has 3 aromatic heterocycles. The Morgan fingerprint density at radius 3 is 2.29 bits per heavy atom. The van der Waals surface area contributed by atoms with Gasteiger partial charge in [0.15, 0.2) is 11.6 Å². The molecular weight excluding hydrogens is 629 g/mol. The second kappa shape index (κ2) is 20.1. The molecule has 3 aliphatic heterocycles. The van der Waals surface area contributed by atoms with Crippen LogP contribution in [0.5, 0.6) is 0 Å². The van der Waals surface area contributed by atoms with Gasteiger partial charge in [-0.1, -0.05) is 39.8 Å². The molecule has 3 fully saturated rings. The molecule has 0 unspecified atom stereocenters. The van der Waals surface area contributed by atoms with E-state index in [-0.39, 0.29) is 0 Å². The SMILES string of the molecule is CC.CC.CN1CCC(N(CCN2CCOCC2)Cc2cc3nc(-c4cccc5[nH]ncc45)nc(N4CCOCC4)c3s2)CC1.OCO. The summed E-state index contributed by atoms with van der Waals surface area (Å²) in [7, 11) is 2.24. The Bertz CT molecular complexity index is 1480. The lowest BCUT2D eigenvalue weighted by atomic mass is 10.0. The van der Waals surface area contributed by atoms with Crippen molar-refractivity contribution in [1.29, 1.82) is 0 Å². The molecule has 3 saturated heterocycles. The number of nitrogens with zero attached hydrogens (tertiary/aromatic N) is 7. The number of piperidine rings is 1. The Labute approximate surface area is 289 Å². The number of nitrogens with one attached hydrogen (secondary N) is 1. The van der Waals surface area contributed by atoms with Crippen LogP contribution in [0, 0.1) is 0 Å². The van der Waals surface area contributed by atoms with Crippen molar-refractivity contribution in [2.45, 2.75) is 53.1 Å². The second-order valence-electron chi connectivity index (χ2n) is 11.6. The number of hydrogen-bond donors (Lipinski definition) is 3. The fourth-order valence-electron chi connectivity index (χ4n) is 6.36. The van der Waals surface area contributed by atoms with Gasteiger partial charge >= 0.3 is 0 Å². The Morgan fingerprint density at radius 1 is 0.938 bits per heavy atom.